The van der Waals surface area contributed by atoms with Crippen molar-refractivity contribution in [2.24, 2.45) is 0 Å². The molecule has 2 aromatic heterocycles. The van der Waals surface area contributed by atoms with Gasteiger partial charge in [-0.1, -0.05) is 17.4 Å². The second kappa shape index (κ2) is 6.83. The number of aryl methyl sites for hydroxylation is 3. The Bertz CT molecular complexity index is 924. The van der Waals surface area contributed by atoms with Gasteiger partial charge in [-0.2, -0.15) is 0 Å². The number of aromatic nitrogens is 1. The number of Topliss-reactive ketones (excluding diaryl/α,β-unsaturated/α-hetero) is 1. The summed E-state index contributed by atoms with van der Waals surface area (Å²) in [5, 5.41) is 3.40. The number of nitrogens with zero attached hydrogens (tertiary/aromatic N) is 1. The Morgan fingerprint density at radius 2 is 1.88 bits per heavy atom. The summed E-state index contributed by atoms with van der Waals surface area (Å²) in [5.41, 5.74) is 3.20. The Morgan fingerprint density at radius 1 is 1.08 bits per heavy atom. The number of fused-ring (bicyclic) bond motifs is 1. The number of thiophene rings is 1. The number of hydrogen-bond donors (Lipinski definition) is 1. The smallest absolute Gasteiger partial charge is 0.226 e. The van der Waals surface area contributed by atoms with E-state index >= 15 is 0 Å². The molecule has 0 saturated heterocycles. The second-order valence-corrected chi connectivity index (χ2v) is 8.15. The van der Waals surface area contributed by atoms with Crippen LogP contribution in [0.25, 0.3) is 10.2 Å². The number of benzene rings is 1. The van der Waals surface area contributed by atoms with E-state index in [0.29, 0.717) is 10.0 Å². The molecule has 3 rings (SSSR count). The standard InChI is InChI=1S/C18H18N2O2S2/c1-10-8-11(2)17-15(9-10)24-18(20-17)19-16(22)7-5-13(21)14-6-4-12(3)23-14/h4,6,8-9H,5,7H2,1-3H3,(H,19,20,22). The molecule has 0 saturated carbocycles. The largest absolute Gasteiger partial charge is 0.302 e. The first-order chi connectivity index (χ1) is 11.4. The van der Waals surface area contributed by atoms with Crippen LogP contribution in [0.1, 0.15) is 38.5 Å². The lowest BCUT2D eigenvalue weighted by Gasteiger charge is -2.00. The van der Waals surface area contributed by atoms with Gasteiger partial charge in [-0.15, -0.1) is 11.3 Å². The summed E-state index contributed by atoms with van der Waals surface area (Å²) in [4.78, 5) is 30.4. The average Bonchev–Trinajstić information content (AvgIpc) is 3.11. The van der Waals surface area contributed by atoms with Gasteiger partial charge in [0, 0.05) is 17.7 Å². The SMILES string of the molecule is Cc1cc(C)c2nc(NC(=O)CCC(=O)c3ccc(C)s3)sc2c1. The van der Waals surface area contributed by atoms with E-state index in [0.717, 1.165) is 20.7 Å². The molecule has 0 atom stereocenters. The van der Waals surface area contributed by atoms with Gasteiger partial charge in [0.2, 0.25) is 5.91 Å². The molecule has 1 N–H and O–H groups in total. The fourth-order valence-corrected chi connectivity index (χ4v) is 4.43. The Balaban J connectivity index is 1.62. The van der Waals surface area contributed by atoms with Crippen molar-refractivity contribution in [3.63, 3.8) is 0 Å². The number of amides is 1. The van der Waals surface area contributed by atoms with Crippen molar-refractivity contribution in [1.82, 2.24) is 4.98 Å². The number of hydrogen-bond acceptors (Lipinski definition) is 5. The van der Waals surface area contributed by atoms with Crippen LogP contribution in [0.4, 0.5) is 5.13 Å². The zero-order valence-corrected chi connectivity index (χ0v) is 15.4. The summed E-state index contributed by atoms with van der Waals surface area (Å²) in [6, 6.07) is 7.88. The highest BCUT2D eigenvalue weighted by atomic mass is 32.1. The first-order valence-corrected chi connectivity index (χ1v) is 9.33. The zero-order chi connectivity index (χ0) is 17.3. The predicted molar refractivity (Wildman–Crippen MR) is 100 cm³/mol. The molecule has 0 bridgehead atoms. The molecule has 0 spiro atoms. The van der Waals surface area contributed by atoms with Crippen LogP contribution in [0, 0.1) is 20.8 Å². The summed E-state index contributed by atoms with van der Waals surface area (Å²) in [6.07, 6.45) is 0.387. The molecule has 3 aromatic rings. The fourth-order valence-electron chi connectivity index (χ4n) is 2.54. The number of anilines is 1. The predicted octanol–water partition coefficient (Wildman–Crippen LogP) is 4.88. The van der Waals surface area contributed by atoms with E-state index in [1.165, 1.54) is 28.2 Å². The van der Waals surface area contributed by atoms with E-state index < -0.39 is 0 Å². The van der Waals surface area contributed by atoms with Gasteiger partial charge in [0.1, 0.15) is 0 Å². The molecular weight excluding hydrogens is 340 g/mol. The normalized spacial score (nSPS) is 11.0. The molecule has 1 amide bonds. The summed E-state index contributed by atoms with van der Waals surface area (Å²) in [7, 11) is 0. The maximum absolute atomic E-state index is 12.1. The van der Waals surface area contributed by atoms with Gasteiger partial charge in [0.15, 0.2) is 10.9 Å². The molecule has 1 aromatic carbocycles. The number of rotatable bonds is 5. The van der Waals surface area contributed by atoms with Crippen LogP contribution in [0.5, 0.6) is 0 Å². The van der Waals surface area contributed by atoms with E-state index in [-0.39, 0.29) is 24.5 Å². The molecule has 6 heteroatoms. The third kappa shape index (κ3) is 3.71. The Morgan fingerprint density at radius 3 is 2.58 bits per heavy atom. The van der Waals surface area contributed by atoms with Crippen molar-refractivity contribution >= 4 is 49.7 Å². The van der Waals surface area contributed by atoms with Crippen LogP contribution in [-0.4, -0.2) is 16.7 Å². The molecule has 0 aliphatic carbocycles. The van der Waals surface area contributed by atoms with E-state index in [4.69, 9.17) is 0 Å². The highest BCUT2D eigenvalue weighted by Crippen LogP contribution is 2.29. The van der Waals surface area contributed by atoms with Crippen molar-refractivity contribution in [3.8, 4) is 0 Å². The lowest BCUT2D eigenvalue weighted by Crippen LogP contribution is -2.13. The second-order valence-electron chi connectivity index (χ2n) is 5.83. The number of ketones is 1. The molecule has 124 valence electrons. The van der Waals surface area contributed by atoms with Crippen LogP contribution in [0.3, 0.4) is 0 Å². The minimum atomic E-state index is -0.176. The first-order valence-electron chi connectivity index (χ1n) is 7.69. The number of thiazole rings is 1. The molecular formula is C18H18N2O2S2. The third-order valence-corrected chi connectivity index (χ3v) is 5.63. The van der Waals surface area contributed by atoms with E-state index in [1.807, 2.05) is 32.9 Å². The van der Waals surface area contributed by atoms with Crippen molar-refractivity contribution in [2.75, 3.05) is 5.32 Å². The van der Waals surface area contributed by atoms with Gasteiger partial charge in [-0.05, 0) is 50.1 Å². The number of carbonyl (C=O) groups excluding carboxylic acids is 2. The van der Waals surface area contributed by atoms with Gasteiger partial charge >= 0.3 is 0 Å². The topological polar surface area (TPSA) is 59.1 Å². The number of carbonyl (C=O) groups is 2. The Hall–Kier alpha value is -2.05. The summed E-state index contributed by atoms with van der Waals surface area (Å²) >= 11 is 2.93. The highest BCUT2D eigenvalue weighted by molar-refractivity contribution is 7.22. The van der Waals surface area contributed by atoms with Gasteiger partial charge < -0.3 is 5.32 Å². The molecule has 0 aliphatic rings. The molecule has 0 fully saturated rings. The molecule has 0 aliphatic heterocycles. The molecule has 0 unspecified atom stereocenters. The van der Waals surface area contributed by atoms with Crippen molar-refractivity contribution in [3.05, 3.63) is 45.1 Å². The van der Waals surface area contributed by atoms with Crippen molar-refractivity contribution in [1.29, 1.82) is 0 Å². The monoisotopic (exact) mass is 358 g/mol. The Labute approximate surface area is 148 Å². The fraction of sp³-hybridized carbons (Fsp3) is 0.278. The summed E-state index contributed by atoms with van der Waals surface area (Å²) < 4.78 is 1.06. The van der Waals surface area contributed by atoms with Crippen LogP contribution in [0.2, 0.25) is 0 Å². The molecule has 2 heterocycles. The van der Waals surface area contributed by atoms with E-state index in [2.05, 4.69) is 22.4 Å². The van der Waals surface area contributed by atoms with Crippen LogP contribution >= 0.6 is 22.7 Å². The minimum Gasteiger partial charge on any atom is -0.302 e. The van der Waals surface area contributed by atoms with Crippen LogP contribution in [-0.2, 0) is 4.79 Å². The summed E-state index contributed by atoms with van der Waals surface area (Å²) in [6.45, 7) is 6.02. The average molecular weight is 358 g/mol. The zero-order valence-electron chi connectivity index (χ0n) is 13.8. The molecule has 4 nitrogen and oxygen atoms in total. The lowest BCUT2D eigenvalue weighted by molar-refractivity contribution is -0.116. The molecule has 24 heavy (non-hydrogen) atoms. The van der Waals surface area contributed by atoms with E-state index in [9.17, 15) is 9.59 Å². The van der Waals surface area contributed by atoms with Gasteiger partial charge in [-0.3, -0.25) is 9.59 Å². The maximum Gasteiger partial charge on any atom is 0.226 e. The van der Waals surface area contributed by atoms with Gasteiger partial charge in [0.05, 0.1) is 15.1 Å². The quantitative estimate of drug-likeness (QED) is 0.661. The maximum atomic E-state index is 12.1. The third-order valence-electron chi connectivity index (χ3n) is 3.67. The molecule has 0 radical (unpaired) electrons. The van der Waals surface area contributed by atoms with Gasteiger partial charge in [0.25, 0.3) is 0 Å². The highest BCUT2D eigenvalue weighted by Gasteiger charge is 2.13. The van der Waals surface area contributed by atoms with Crippen LogP contribution < -0.4 is 5.32 Å². The Kier molecular flexibility index (Phi) is 4.78. The van der Waals surface area contributed by atoms with Crippen LogP contribution in [0.15, 0.2) is 24.3 Å². The lowest BCUT2D eigenvalue weighted by atomic mass is 10.1. The van der Waals surface area contributed by atoms with Gasteiger partial charge in [-0.25, -0.2) is 4.98 Å². The van der Waals surface area contributed by atoms with E-state index in [1.54, 1.807) is 0 Å². The summed E-state index contributed by atoms with van der Waals surface area (Å²) in [5.74, 6) is -0.163. The first kappa shape index (κ1) is 16.8. The van der Waals surface area contributed by atoms with Crippen molar-refractivity contribution in [2.45, 2.75) is 33.6 Å². The minimum absolute atomic E-state index is 0.0130. The number of nitrogens with one attached hydrogen (secondary N) is 1. The van der Waals surface area contributed by atoms with Crippen molar-refractivity contribution < 1.29 is 9.59 Å².